The summed E-state index contributed by atoms with van der Waals surface area (Å²) in [6.07, 6.45) is 8.67. The molecule has 1 aliphatic rings. The molecule has 5 nitrogen and oxygen atoms in total. The van der Waals surface area contributed by atoms with Gasteiger partial charge in [0.2, 0.25) is 0 Å². The van der Waals surface area contributed by atoms with Crippen LogP contribution in [-0.4, -0.2) is 17.0 Å². The molecule has 2 aromatic carbocycles. The van der Waals surface area contributed by atoms with E-state index in [0.717, 1.165) is 46.3 Å². The lowest BCUT2D eigenvalue weighted by atomic mass is 9.97. The molecular weight excluding hydrogens is 416 g/mol. The normalized spacial score (nSPS) is 15.8. The van der Waals surface area contributed by atoms with Crippen molar-refractivity contribution in [3.05, 3.63) is 59.0 Å². The van der Waals surface area contributed by atoms with Gasteiger partial charge in [-0.2, -0.15) is 0 Å². The number of nitrogens with two attached hydrogens (primary N) is 1. The number of benzene rings is 2. The number of hydrogen-bond donors (Lipinski definition) is 2. The Balaban J connectivity index is 1.48. The summed E-state index contributed by atoms with van der Waals surface area (Å²) in [7, 11) is 0. The van der Waals surface area contributed by atoms with Crippen LogP contribution in [0.2, 0.25) is 0 Å². The molecule has 0 unspecified atom stereocenters. The zero-order valence-electron chi connectivity index (χ0n) is 18.9. The van der Waals surface area contributed by atoms with Crippen LogP contribution >= 0.6 is 11.3 Å². The molecule has 6 heteroatoms. The fourth-order valence-electron chi connectivity index (χ4n) is 4.16. The zero-order chi connectivity index (χ0) is 22.3. The minimum atomic E-state index is 0.314. The predicted octanol–water partition coefficient (Wildman–Crippen LogP) is 7.06. The molecule has 1 aliphatic carbocycles. The number of nitrogens with zero attached hydrogens (tertiary/aromatic N) is 2. The summed E-state index contributed by atoms with van der Waals surface area (Å²) in [6.45, 7) is 4.15. The number of aromatic nitrogens is 1. The molecule has 0 atom stereocenters. The van der Waals surface area contributed by atoms with Crippen molar-refractivity contribution in [2.24, 2.45) is 10.7 Å². The van der Waals surface area contributed by atoms with Crippen molar-refractivity contribution in [1.29, 1.82) is 0 Å². The molecule has 3 N–H and O–H groups in total. The Bertz CT molecular complexity index is 1070. The Morgan fingerprint density at radius 2 is 1.78 bits per heavy atom. The smallest absolute Gasteiger partial charge is 0.195 e. The van der Waals surface area contributed by atoms with Gasteiger partial charge in [-0.25, -0.2) is 9.98 Å². The number of thiazole rings is 1. The van der Waals surface area contributed by atoms with Crippen LogP contribution in [0.3, 0.4) is 0 Å². The molecule has 0 spiro atoms. The van der Waals surface area contributed by atoms with Crippen molar-refractivity contribution in [1.82, 2.24) is 4.98 Å². The van der Waals surface area contributed by atoms with Crippen LogP contribution in [0.25, 0.3) is 11.3 Å². The Morgan fingerprint density at radius 1 is 1.03 bits per heavy atom. The van der Waals surface area contributed by atoms with E-state index in [1.54, 1.807) is 0 Å². The number of hydrogen-bond acceptors (Lipinski definition) is 4. The highest BCUT2D eigenvalue weighted by atomic mass is 32.1. The van der Waals surface area contributed by atoms with E-state index in [2.05, 4.69) is 31.3 Å². The highest BCUT2D eigenvalue weighted by Crippen LogP contribution is 2.36. The first-order valence-corrected chi connectivity index (χ1v) is 12.4. The second-order valence-electron chi connectivity index (χ2n) is 8.54. The largest absolute Gasteiger partial charge is 0.456 e. The molecule has 1 heterocycles. The van der Waals surface area contributed by atoms with E-state index in [9.17, 15) is 0 Å². The van der Waals surface area contributed by atoms with Crippen LogP contribution in [0.1, 0.15) is 56.1 Å². The summed E-state index contributed by atoms with van der Waals surface area (Å²) in [5.74, 6) is 2.09. The van der Waals surface area contributed by atoms with Gasteiger partial charge in [-0.1, -0.05) is 61.9 Å². The number of ether oxygens (including phenoxy) is 1. The highest BCUT2D eigenvalue weighted by Gasteiger charge is 2.14. The Morgan fingerprint density at radius 3 is 2.56 bits per heavy atom. The quantitative estimate of drug-likeness (QED) is 0.324. The van der Waals surface area contributed by atoms with Crippen molar-refractivity contribution in [3.8, 4) is 22.8 Å². The van der Waals surface area contributed by atoms with Crippen LogP contribution in [0.15, 0.2) is 52.8 Å². The first-order chi connectivity index (χ1) is 15.6. The molecule has 3 aromatic rings. The van der Waals surface area contributed by atoms with Gasteiger partial charge in [-0.15, -0.1) is 11.3 Å². The van der Waals surface area contributed by atoms with Crippen molar-refractivity contribution in [2.75, 3.05) is 5.32 Å². The SMILES string of the molecule is Cc1ccc(Oc2ccccc2-c2csc(NC(N)=NC3CCCCCCC3)n2)c(C)c1. The number of para-hydroxylation sites is 1. The summed E-state index contributed by atoms with van der Waals surface area (Å²) in [6, 6.07) is 14.5. The third-order valence-electron chi connectivity index (χ3n) is 5.85. The van der Waals surface area contributed by atoms with Gasteiger partial charge in [0.05, 0.1) is 11.7 Å². The first kappa shape index (κ1) is 22.3. The number of anilines is 1. The van der Waals surface area contributed by atoms with E-state index in [1.165, 1.54) is 49.0 Å². The second-order valence-corrected chi connectivity index (χ2v) is 9.40. The van der Waals surface area contributed by atoms with Crippen LogP contribution in [0, 0.1) is 13.8 Å². The molecule has 4 rings (SSSR count). The van der Waals surface area contributed by atoms with E-state index < -0.39 is 0 Å². The molecule has 32 heavy (non-hydrogen) atoms. The molecule has 0 aliphatic heterocycles. The lowest BCUT2D eigenvalue weighted by molar-refractivity contribution is 0.455. The fourth-order valence-corrected chi connectivity index (χ4v) is 4.87. The molecule has 0 radical (unpaired) electrons. The summed E-state index contributed by atoms with van der Waals surface area (Å²) in [5, 5.41) is 5.96. The number of nitrogens with one attached hydrogen (secondary N) is 1. The third kappa shape index (κ3) is 5.88. The zero-order valence-corrected chi connectivity index (χ0v) is 19.8. The maximum absolute atomic E-state index is 6.26. The van der Waals surface area contributed by atoms with Crippen molar-refractivity contribution in [3.63, 3.8) is 0 Å². The van der Waals surface area contributed by atoms with Crippen molar-refractivity contribution in [2.45, 2.75) is 64.8 Å². The standard InChI is InChI=1S/C26H32N4OS/c1-18-14-15-23(19(2)16-18)31-24-13-9-8-12-21(24)22-17-32-26(29-22)30-25(27)28-20-10-6-4-3-5-7-11-20/h8-9,12-17,20H,3-7,10-11H2,1-2H3,(H3,27,28,29,30). The maximum atomic E-state index is 6.26. The molecule has 168 valence electrons. The van der Waals surface area contributed by atoms with E-state index >= 15 is 0 Å². The maximum Gasteiger partial charge on any atom is 0.195 e. The second kappa shape index (κ2) is 10.6. The van der Waals surface area contributed by atoms with Crippen molar-refractivity contribution >= 4 is 22.4 Å². The van der Waals surface area contributed by atoms with E-state index in [-0.39, 0.29) is 0 Å². The van der Waals surface area contributed by atoms with Gasteiger partial charge >= 0.3 is 0 Å². The molecule has 0 saturated heterocycles. The van der Waals surface area contributed by atoms with E-state index in [4.69, 9.17) is 20.4 Å². The van der Waals surface area contributed by atoms with E-state index in [1.807, 2.05) is 35.7 Å². The van der Waals surface area contributed by atoms with Crippen LogP contribution in [-0.2, 0) is 0 Å². The van der Waals surface area contributed by atoms with Crippen LogP contribution < -0.4 is 15.8 Å². The third-order valence-corrected chi connectivity index (χ3v) is 6.61. The Kier molecular flexibility index (Phi) is 7.43. The number of guanidine groups is 1. The van der Waals surface area contributed by atoms with Gasteiger partial charge in [-0.3, -0.25) is 0 Å². The highest BCUT2D eigenvalue weighted by molar-refractivity contribution is 7.14. The first-order valence-electron chi connectivity index (χ1n) is 11.5. The Hall–Kier alpha value is -2.86. The lowest BCUT2D eigenvalue weighted by Crippen LogP contribution is -2.25. The molecule has 0 bridgehead atoms. The minimum Gasteiger partial charge on any atom is -0.456 e. The van der Waals surface area contributed by atoms with Crippen LogP contribution in [0.4, 0.5) is 5.13 Å². The van der Waals surface area contributed by atoms with Gasteiger partial charge < -0.3 is 15.8 Å². The van der Waals surface area contributed by atoms with Gasteiger partial charge in [0, 0.05) is 10.9 Å². The molecule has 0 amide bonds. The minimum absolute atomic E-state index is 0.314. The Labute approximate surface area is 194 Å². The predicted molar refractivity (Wildman–Crippen MR) is 135 cm³/mol. The summed E-state index contributed by atoms with van der Waals surface area (Å²) >= 11 is 1.52. The number of rotatable bonds is 5. The van der Waals surface area contributed by atoms with Gasteiger partial charge in [0.25, 0.3) is 0 Å². The average Bonchev–Trinajstić information content (AvgIpc) is 3.20. The molecule has 1 aromatic heterocycles. The summed E-state index contributed by atoms with van der Waals surface area (Å²) < 4.78 is 6.26. The average molecular weight is 449 g/mol. The molecular formula is C26H32N4OS. The van der Waals surface area contributed by atoms with Crippen LogP contribution in [0.5, 0.6) is 11.5 Å². The van der Waals surface area contributed by atoms with Gasteiger partial charge in [-0.05, 0) is 50.5 Å². The fraction of sp³-hybridized carbons (Fsp3) is 0.385. The van der Waals surface area contributed by atoms with Crippen molar-refractivity contribution < 1.29 is 4.74 Å². The molecule has 1 saturated carbocycles. The van der Waals surface area contributed by atoms with E-state index in [0.29, 0.717) is 12.0 Å². The monoisotopic (exact) mass is 448 g/mol. The number of aliphatic imine (C=N–C) groups is 1. The summed E-state index contributed by atoms with van der Waals surface area (Å²) in [4.78, 5) is 9.48. The number of aryl methyl sites for hydroxylation is 2. The van der Waals surface area contributed by atoms with Gasteiger partial charge in [0.1, 0.15) is 11.5 Å². The van der Waals surface area contributed by atoms with Gasteiger partial charge in [0.15, 0.2) is 11.1 Å². The topological polar surface area (TPSA) is 72.5 Å². The molecule has 1 fully saturated rings. The summed E-state index contributed by atoms with van der Waals surface area (Å²) in [5.41, 5.74) is 10.4. The lowest BCUT2D eigenvalue weighted by Gasteiger charge is -2.16.